The third kappa shape index (κ3) is 3.00. The van der Waals surface area contributed by atoms with E-state index in [-0.39, 0.29) is 17.8 Å². The van der Waals surface area contributed by atoms with Crippen LogP contribution in [0.15, 0.2) is 18.2 Å². The Bertz CT molecular complexity index is 458. The molecule has 2 unspecified atom stereocenters. The molecular formula is C13H16F4N2. The molecule has 0 aromatic heterocycles. The van der Waals surface area contributed by atoms with Crippen LogP contribution in [-0.4, -0.2) is 25.2 Å². The van der Waals surface area contributed by atoms with Crippen molar-refractivity contribution in [1.29, 1.82) is 0 Å². The van der Waals surface area contributed by atoms with Crippen molar-refractivity contribution < 1.29 is 17.6 Å². The third-order valence-electron chi connectivity index (χ3n) is 3.35. The van der Waals surface area contributed by atoms with Crippen LogP contribution in [0.25, 0.3) is 0 Å². The molecule has 0 aliphatic carbocycles. The van der Waals surface area contributed by atoms with Gasteiger partial charge in [0.1, 0.15) is 5.82 Å². The highest BCUT2D eigenvalue weighted by atomic mass is 19.4. The molecule has 6 heteroatoms. The Morgan fingerprint density at radius 3 is 2.53 bits per heavy atom. The van der Waals surface area contributed by atoms with Gasteiger partial charge in [-0.1, -0.05) is 0 Å². The minimum absolute atomic E-state index is 0.0439. The van der Waals surface area contributed by atoms with Crippen molar-refractivity contribution in [3.8, 4) is 0 Å². The Balaban J connectivity index is 2.30. The van der Waals surface area contributed by atoms with E-state index in [0.29, 0.717) is 19.2 Å². The fourth-order valence-corrected chi connectivity index (χ4v) is 2.27. The summed E-state index contributed by atoms with van der Waals surface area (Å²) >= 11 is 0. The second-order valence-electron chi connectivity index (χ2n) is 4.97. The fraction of sp³-hybridized carbons (Fsp3) is 0.538. The largest absolute Gasteiger partial charge is 0.416 e. The maximum atomic E-state index is 13.9. The van der Waals surface area contributed by atoms with E-state index in [2.05, 4.69) is 5.32 Å². The van der Waals surface area contributed by atoms with Crippen LogP contribution >= 0.6 is 0 Å². The van der Waals surface area contributed by atoms with Gasteiger partial charge in [0.05, 0.1) is 11.3 Å². The Labute approximate surface area is 109 Å². The summed E-state index contributed by atoms with van der Waals surface area (Å²) in [5.74, 6) is -0.823. The molecule has 1 saturated heterocycles. The number of nitrogens with zero attached hydrogens (tertiary/aromatic N) is 1. The number of halogens is 4. The lowest BCUT2D eigenvalue weighted by molar-refractivity contribution is -0.137. The van der Waals surface area contributed by atoms with Crippen molar-refractivity contribution in [2.45, 2.75) is 32.1 Å². The van der Waals surface area contributed by atoms with Gasteiger partial charge in [-0.25, -0.2) is 4.39 Å². The molecule has 1 aromatic rings. The second-order valence-corrected chi connectivity index (χ2v) is 4.97. The van der Waals surface area contributed by atoms with E-state index in [1.165, 1.54) is 6.07 Å². The van der Waals surface area contributed by atoms with Gasteiger partial charge in [0, 0.05) is 25.2 Å². The van der Waals surface area contributed by atoms with Crippen LogP contribution in [0.2, 0.25) is 0 Å². The highest BCUT2D eigenvalue weighted by molar-refractivity contribution is 5.51. The lowest BCUT2D eigenvalue weighted by Crippen LogP contribution is -2.54. The van der Waals surface area contributed by atoms with Crippen LogP contribution in [-0.2, 0) is 6.18 Å². The van der Waals surface area contributed by atoms with Crippen molar-refractivity contribution >= 4 is 5.69 Å². The molecule has 1 aliphatic heterocycles. The Morgan fingerprint density at radius 2 is 1.95 bits per heavy atom. The monoisotopic (exact) mass is 276 g/mol. The summed E-state index contributed by atoms with van der Waals surface area (Å²) < 4.78 is 51.4. The third-order valence-corrected chi connectivity index (χ3v) is 3.35. The normalized spacial score (nSPS) is 24.6. The highest BCUT2D eigenvalue weighted by Crippen LogP contribution is 2.33. The number of benzene rings is 1. The number of piperazine rings is 1. The molecule has 0 saturated carbocycles. The Morgan fingerprint density at radius 1 is 1.26 bits per heavy atom. The molecule has 1 heterocycles. The predicted octanol–water partition coefficient (Wildman–Crippen LogP) is 3.03. The maximum Gasteiger partial charge on any atom is 0.416 e. The van der Waals surface area contributed by atoms with Crippen molar-refractivity contribution in [3.63, 3.8) is 0 Å². The number of hydrogen-bond acceptors (Lipinski definition) is 2. The van der Waals surface area contributed by atoms with E-state index in [9.17, 15) is 17.6 Å². The average Bonchev–Trinajstić information content (AvgIpc) is 2.31. The molecule has 2 nitrogen and oxygen atoms in total. The van der Waals surface area contributed by atoms with Gasteiger partial charge < -0.3 is 10.2 Å². The molecule has 2 atom stereocenters. The van der Waals surface area contributed by atoms with Gasteiger partial charge in [0.15, 0.2) is 0 Å². The summed E-state index contributed by atoms with van der Waals surface area (Å²) in [6, 6.07) is 2.93. The number of hydrogen-bond donors (Lipinski definition) is 1. The van der Waals surface area contributed by atoms with Gasteiger partial charge in [-0.3, -0.25) is 0 Å². The second kappa shape index (κ2) is 5.00. The number of alkyl halides is 3. The predicted molar refractivity (Wildman–Crippen MR) is 65.7 cm³/mol. The van der Waals surface area contributed by atoms with Crippen molar-refractivity contribution in [1.82, 2.24) is 5.32 Å². The lowest BCUT2D eigenvalue weighted by Gasteiger charge is -2.39. The Hall–Kier alpha value is -1.30. The van der Waals surface area contributed by atoms with Crippen molar-refractivity contribution in [2.24, 2.45) is 0 Å². The molecular weight excluding hydrogens is 260 g/mol. The van der Waals surface area contributed by atoms with Crippen LogP contribution < -0.4 is 10.2 Å². The molecule has 0 spiro atoms. The first-order valence-electron chi connectivity index (χ1n) is 6.16. The van der Waals surface area contributed by atoms with E-state index in [4.69, 9.17) is 0 Å². The number of nitrogens with one attached hydrogen (secondary N) is 1. The average molecular weight is 276 g/mol. The van der Waals surface area contributed by atoms with E-state index in [1.807, 2.05) is 13.8 Å². The minimum Gasteiger partial charge on any atom is -0.364 e. The zero-order chi connectivity index (χ0) is 14.2. The quantitative estimate of drug-likeness (QED) is 0.793. The molecule has 0 amide bonds. The first kappa shape index (κ1) is 14.1. The summed E-state index contributed by atoms with van der Waals surface area (Å²) in [6.45, 7) is 5.13. The molecule has 0 bridgehead atoms. The summed E-state index contributed by atoms with van der Waals surface area (Å²) in [5.41, 5.74) is -0.724. The molecule has 1 fully saturated rings. The molecule has 106 valence electrons. The smallest absolute Gasteiger partial charge is 0.364 e. The van der Waals surface area contributed by atoms with Gasteiger partial charge in [0.2, 0.25) is 0 Å². The van der Waals surface area contributed by atoms with E-state index >= 15 is 0 Å². The van der Waals surface area contributed by atoms with Gasteiger partial charge in [0.25, 0.3) is 0 Å². The van der Waals surface area contributed by atoms with E-state index in [1.54, 1.807) is 4.90 Å². The highest BCUT2D eigenvalue weighted by Gasteiger charge is 2.32. The van der Waals surface area contributed by atoms with Crippen LogP contribution in [0.3, 0.4) is 0 Å². The lowest BCUT2D eigenvalue weighted by atomic mass is 10.1. The summed E-state index contributed by atoms with van der Waals surface area (Å²) in [6.07, 6.45) is -4.51. The topological polar surface area (TPSA) is 15.3 Å². The molecule has 19 heavy (non-hydrogen) atoms. The minimum atomic E-state index is -4.51. The van der Waals surface area contributed by atoms with Crippen molar-refractivity contribution in [3.05, 3.63) is 29.6 Å². The maximum absolute atomic E-state index is 13.9. The van der Waals surface area contributed by atoms with Crippen molar-refractivity contribution in [2.75, 3.05) is 18.0 Å². The van der Waals surface area contributed by atoms with Gasteiger partial charge >= 0.3 is 6.18 Å². The van der Waals surface area contributed by atoms with Crippen LogP contribution in [0, 0.1) is 5.82 Å². The number of rotatable bonds is 1. The molecule has 1 aliphatic rings. The van der Waals surface area contributed by atoms with Crippen LogP contribution in [0.1, 0.15) is 19.4 Å². The fourth-order valence-electron chi connectivity index (χ4n) is 2.27. The summed E-state index contributed by atoms with van der Waals surface area (Å²) in [4.78, 5) is 1.80. The summed E-state index contributed by atoms with van der Waals surface area (Å²) in [7, 11) is 0. The first-order valence-corrected chi connectivity index (χ1v) is 6.16. The molecule has 2 rings (SSSR count). The van der Waals surface area contributed by atoms with Gasteiger partial charge in [-0.15, -0.1) is 0 Å². The molecule has 0 radical (unpaired) electrons. The SMILES string of the molecule is CC1CN(c2ccc(C(F)(F)F)cc2F)C(C)CN1. The van der Waals surface area contributed by atoms with Crippen LogP contribution in [0.5, 0.6) is 0 Å². The first-order chi connectivity index (χ1) is 8.79. The van der Waals surface area contributed by atoms with Crippen LogP contribution in [0.4, 0.5) is 23.2 Å². The summed E-state index contributed by atoms with van der Waals surface area (Å²) in [5, 5.41) is 3.24. The molecule has 1 aromatic carbocycles. The standard InChI is InChI=1S/C13H16F4N2/c1-8-7-19(9(2)6-18-8)12-4-3-10(5-11(12)14)13(15,16)17/h3-5,8-9,18H,6-7H2,1-2H3. The Kier molecular flexibility index (Phi) is 3.71. The van der Waals surface area contributed by atoms with E-state index < -0.39 is 17.6 Å². The zero-order valence-corrected chi connectivity index (χ0v) is 10.8. The van der Waals surface area contributed by atoms with E-state index in [0.717, 1.165) is 6.07 Å². The zero-order valence-electron chi connectivity index (χ0n) is 10.8. The van der Waals surface area contributed by atoms with Gasteiger partial charge in [-0.05, 0) is 32.0 Å². The van der Waals surface area contributed by atoms with Gasteiger partial charge in [-0.2, -0.15) is 13.2 Å². The number of anilines is 1. The molecule has 1 N–H and O–H groups in total.